The minimum absolute atomic E-state index is 0.183. The van der Waals surface area contributed by atoms with E-state index in [4.69, 9.17) is 26.0 Å². The molecule has 6 heteroatoms. The average Bonchev–Trinajstić information content (AvgIpc) is 3.31. The highest BCUT2D eigenvalue weighted by atomic mass is 35.5. The Labute approximate surface area is 211 Å². The molecule has 0 fully saturated rings. The van der Waals surface area contributed by atoms with E-state index in [0.29, 0.717) is 22.6 Å². The topological polar surface area (TPSA) is 64.7 Å². The molecule has 3 heterocycles. The molecule has 0 spiro atoms. The van der Waals surface area contributed by atoms with Crippen LogP contribution in [0.25, 0.3) is 66.9 Å². The van der Waals surface area contributed by atoms with Crippen molar-refractivity contribution in [3.8, 4) is 33.9 Å². The van der Waals surface area contributed by atoms with Gasteiger partial charge in [-0.15, -0.1) is 0 Å². The van der Waals surface area contributed by atoms with Gasteiger partial charge in [0, 0.05) is 27.5 Å². The van der Waals surface area contributed by atoms with Gasteiger partial charge < -0.3 is 4.42 Å². The fourth-order valence-electron chi connectivity index (χ4n) is 4.56. The third-order valence-electron chi connectivity index (χ3n) is 6.26. The van der Waals surface area contributed by atoms with Crippen molar-refractivity contribution in [2.75, 3.05) is 0 Å². The van der Waals surface area contributed by atoms with Crippen molar-refractivity contribution in [3.05, 3.63) is 108 Å². The standard InChI is InChI=1S/C30H17ClN4O/c31-30-34-26(28-27(35-30)22-11-5-7-13-24(22)36-28)19-16-14-18(15-17-19)25-21-10-4-6-12-23(21)32-29(33-25)20-8-2-1-3-9-20/h1-17H. The zero-order chi connectivity index (χ0) is 24.1. The Balaban J connectivity index is 1.38. The predicted molar refractivity (Wildman–Crippen MR) is 144 cm³/mol. The van der Waals surface area contributed by atoms with Crippen LogP contribution in [0.15, 0.2) is 108 Å². The SMILES string of the molecule is Clc1nc(-c2ccc(-c3nc(-c4ccccc4)nc4ccccc34)cc2)c2oc3ccccc3c2n1. The average molecular weight is 485 g/mol. The third-order valence-corrected chi connectivity index (χ3v) is 6.43. The van der Waals surface area contributed by atoms with Gasteiger partial charge in [-0.3, -0.25) is 0 Å². The van der Waals surface area contributed by atoms with Crippen LogP contribution in [0.3, 0.4) is 0 Å². The van der Waals surface area contributed by atoms with Crippen molar-refractivity contribution >= 4 is 44.6 Å². The molecule has 170 valence electrons. The summed E-state index contributed by atoms with van der Waals surface area (Å²) in [7, 11) is 0. The van der Waals surface area contributed by atoms with E-state index < -0.39 is 0 Å². The Bertz CT molecular complexity index is 1900. The molecule has 0 amide bonds. The summed E-state index contributed by atoms with van der Waals surface area (Å²) in [5, 5.41) is 2.09. The molecule has 3 aromatic heterocycles. The lowest BCUT2D eigenvalue weighted by molar-refractivity contribution is 0.667. The molecule has 0 radical (unpaired) electrons. The van der Waals surface area contributed by atoms with Gasteiger partial charge in [0.05, 0.1) is 11.2 Å². The summed E-state index contributed by atoms with van der Waals surface area (Å²) < 4.78 is 6.13. The number of nitrogens with zero attached hydrogens (tertiary/aromatic N) is 4. The summed E-state index contributed by atoms with van der Waals surface area (Å²) >= 11 is 6.32. The van der Waals surface area contributed by atoms with Crippen LogP contribution in [0.4, 0.5) is 0 Å². The lowest BCUT2D eigenvalue weighted by atomic mass is 10.0. The van der Waals surface area contributed by atoms with Crippen molar-refractivity contribution < 1.29 is 4.42 Å². The van der Waals surface area contributed by atoms with Gasteiger partial charge in [-0.1, -0.05) is 84.9 Å². The second-order valence-corrected chi connectivity index (χ2v) is 8.81. The van der Waals surface area contributed by atoms with Crippen molar-refractivity contribution in [1.29, 1.82) is 0 Å². The van der Waals surface area contributed by atoms with E-state index in [9.17, 15) is 0 Å². The van der Waals surface area contributed by atoms with E-state index in [2.05, 4.69) is 16.0 Å². The third kappa shape index (κ3) is 3.41. The van der Waals surface area contributed by atoms with Gasteiger partial charge in [-0.25, -0.2) is 19.9 Å². The van der Waals surface area contributed by atoms with Gasteiger partial charge in [0.15, 0.2) is 11.4 Å². The minimum Gasteiger partial charge on any atom is -0.452 e. The number of fused-ring (bicyclic) bond motifs is 4. The Morgan fingerprint density at radius 1 is 0.528 bits per heavy atom. The Morgan fingerprint density at radius 2 is 1.19 bits per heavy atom. The van der Waals surface area contributed by atoms with Gasteiger partial charge in [0.2, 0.25) is 5.28 Å². The molecule has 0 aliphatic rings. The summed E-state index contributed by atoms with van der Waals surface area (Å²) in [6, 6.07) is 34.0. The largest absolute Gasteiger partial charge is 0.452 e. The van der Waals surface area contributed by atoms with E-state index in [0.717, 1.165) is 44.3 Å². The molecule has 0 bridgehead atoms. The van der Waals surface area contributed by atoms with Crippen LogP contribution >= 0.6 is 11.6 Å². The van der Waals surface area contributed by atoms with Crippen molar-refractivity contribution in [1.82, 2.24) is 19.9 Å². The summed E-state index contributed by atoms with van der Waals surface area (Å²) in [5.41, 5.74) is 7.35. The van der Waals surface area contributed by atoms with E-state index in [1.54, 1.807) is 0 Å². The maximum atomic E-state index is 6.32. The number of hydrogen-bond acceptors (Lipinski definition) is 5. The Hall–Kier alpha value is -4.61. The second-order valence-electron chi connectivity index (χ2n) is 8.47. The zero-order valence-electron chi connectivity index (χ0n) is 18.9. The maximum Gasteiger partial charge on any atom is 0.223 e. The molecule has 0 aliphatic carbocycles. The van der Waals surface area contributed by atoms with Gasteiger partial charge in [0.1, 0.15) is 16.8 Å². The van der Waals surface area contributed by atoms with E-state index in [-0.39, 0.29) is 5.28 Å². The molecule has 0 aliphatic heterocycles. The monoisotopic (exact) mass is 484 g/mol. The summed E-state index contributed by atoms with van der Waals surface area (Å²) in [6.07, 6.45) is 0. The second kappa shape index (κ2) is 8.26. The van der Waals surface area contributed by atoms with Gasteiger partial charge >= 0.3 is 0 Å². The number of halogens is 1. The number of aromatic nitrogens is 4. The van der Waals surface area contributed by atoms with Crippen molar-refractivity contribution in [2.24, 2.45) is 0 Å². The number of benzene rings is 4. The normalized spacial score (nSPS) is 11.5. The molecule has 0 saturated carbocycles. The first-order valence-electron chi connectivity index (χ1n) is 11.5. The first-order valence-corrected chi connectivity index (χ1v) is 11.9. The molecule has 0 saturated heterocycles. The fourth-order valence-corrected chi connectivity index (χ4v) is 4.73. The molecule has 0 atom stereocenters. The van der Waals surface area contributed by atoms with Crippen molar-refractivity contribution in [2.45, 2.75) is 0 Å². The van der Waals surface area contributed by atoms with Gasteiger partial charge in [-0.2, -0.15) is 0 Å². The van der Waals surface area contributed by atoms with Crippen LogP contribution < -0.4 is 0 Å². The minimum atomic E-state index is 0.183. The lowest BCUT2D eigenvalue weighted by Crippen LogP contribution is -1.95. The molecule has 5 nitrogen and oxygen atoms in total. The van der Waals surface area contributed by atoms with Crippen LogP contribution in [0.1, 0.15) is 0 Å². The molecule has 7 aromatic rings. The molecule has 36 heavy (non-hydrogen) atoms. The molecular weight excluding hydrogens is 468 g/mol. The van der Waals surface area contributed by atoms with Crippen LogP contribution in [0.2, 0.25) is 5.28 Å². The fraction of sp³-hybridized carbons (Fsp3) is 0. The number of rotatable bonds is 3. The van der Waals surface area contributed by atoms with Crippen LogP contribution in [0.5, 0.6) is 0 Å². The Kier molecular flexibility index (Phi) is 4.76. The first-order chi connectivity index (χ1) is 17.7. The van der Waals surface area contributed by atoms with E-state index in [1.165, 1.54) is 0 Å². The summed E-state index contributed by atoms with van der Waals surface area (Å²) in [6.45, 7) is 0. The number of para-hydroxylation sites is 2. The van der Waals surface area contributed by atoms with Gasteiger partial charge in [-0.05, 0) is 29.8 Å². The maximum absolute atomic E-state index is 6.32. The number of furan rings is 1. The Morgan fingerprint density at radius 3 is 2.00 bits per heavy atom. The summed E-state index contributed by atoms with van der Waals surface area (Å²) in [5.74, 6) is 0.694. The lowest BCUT2D eigenvalue weighted by Gasteiger charge is -2.10. The summed E-state index contributed by atoms with van der Waals surface area (Å²) in [4.78, 5) is 18.7. The molecule has 0 unspecified atom stereocenters. The van der Waals surface area contributed by atoms with E-state index in [1.807, 2.05) is 97.1 Å². The smallest absolute Gasteiger partial charge is 0.223 e. The molecule has 0 N–H and O–H groups in total. The molecular formula is C30H17ClN4O. The highest BCUT2D eigenvalue weighted by Crippen LogP contribution is 2.36. The highest BCUT2D eigenvalue weighted by Gasteiger charge is 2.17. The molecule has 4 aromatic carbocycles. The van der Waals surface area contributed by atoms with Crippen LogP contribution in [0, 0.1) is 0 Å². The van der Waals surface area contributed by atoms with Gasteiger partial charge in [0.25, 0.3) is 0 Å². The van der Waals surface area contributed by atoms with E-state index >= 15 is 0 Å². The van der Waals surface area contributed by atoms with Crippen LogP contribution in [-0.2, 0) is 0 Å². The zero-order valence-corrected chi connectivity index (χ0v) is 19.6. The highest BCUT2D eigenvalue weighted by molar-refractivity contribution is 6.29. The quantitative estimate of drug-likeness (QED) is 0.238. The molecule has 7 rings (SSSR count). The van der Waals surface area contributed by atoms with Crippen LogP contribution in [-0.4, -0.2) is 19.9 Å². The first kappa shape index (κ1) is 20.7. The number of hydrogen-bond donors (Lipinski definition) is 0. The predicted octanol–water partition coefficient (Wildman–Crippen LogP) is 7.97. The van der Waals surface area contributed by atoms with Crippen molar-refractivity contribution in [3.63, 3.8) is 0 Å².